The molecule has 7 heteroatoms. The monoisotopic (exact) mass is 561 g/mol. The van der Waals surface area contributed by atoms with Gasteiger partial charge >= 0.3 is 29.0 Å². The van der Waals surface area contributed by atoms with Crippen molar-refractivity contribution >= 4 is 11.9 Å². The fourth-order valence-corrected chi connectivity index (χ4v) is 3.73. The predicted octanol–water partition coefficient (Wildman–Crippen LogP) is 6.10. The van der Waals surface area contributed by atoms with E-state index in [1.807, 2.05) is 83.1 Å². The van der Waals surface area contributed by atoms with E-state index in [-0.39, 0.29) is 61.4 Å². The van der Waals surface area contributed by atoms with Crippen molar-refractivity contribution in [2.24, 2.45) is 0 Å². The van der Waals surface area contributed by atoms with Crippen LogP contribution >= 0.6 is 0 Å². The Morgan fingerprint density at radius 1 is 0.514 bits per heavy atom. The van der Waals surface area contributed by atoms with Crippen LogP contribution in [0.25, 0.3) is 0 Å². The quantitative estimate of drug-likeness (QED) is 0.427. The van der Waals surface area contributed by atoms with Crippen LogP contribution in [-0.4, -0.2) is 22.2 Å². The Kier molecular flexibility index (Phi) is 10.7. The third-order valence-corrected chi connectivity index (χ3v) is 5.90. The van der Waals surface area contributed by atoms with Crippen molar-refractivity contribution in [3.63, 3.8) is 0 Å². The zero-order valence-corrected chi connectivity index (χ0v) is 25.1. The summed E-state index contributed by atoms with van der Waals surface area (Å²) in [5.74, 6) is -2.07. The Bertz CT molecular complexity index is 975. The van der Waals surface area contributed by atoms with E-state index in [0.29, 0.717) is 22.3 Å². The van der Waals surface area contributed by atoms with Crippen molar-refractivity contribution < 1.29 is 47.1 Å². The van der Waals surface area contributed by atoms with Crippen molar-refractivity contribution in [3.8, 4) is 11.5 Å². The van der Waals surface area contributed by atoms with Gasteiger partial charge in [0.05, 0.1) is 11.1 Å². The average Bonchev–Trinajstić information content (AvgIpc) is 2.64. The molecule has 209 valence electrons. The Labute approximate surface area is 232 Å². The summed E-state index contributed by atoms with van der Waals surface area (Å²) in [6, 6.07) is 6.00. The van der Waals surface area contributed by atoms with Crippen LogP contribution in [0.15, 0.2) is 24.3 Å². The first-order chi connectivity index (χ1) is 15.9. The number of carboxylic acids is 2. The second-order valence-electron chi connectivity index (χ2n) is 13.4. The van der Waals surface area contributed by atoms with E-state index in [0.717, 1.165) is 0 Å². The molecular weight excluding hydrogens is 520 g/mol. The summed E-state index contributed by atoms with van der Waals surface area (Å²) in [6.45, 7) is 23.0. The molecule has 0 unspecified atom stereocenters. The fourth-order valence-electron chi connectivity index (χ4n) is 3.73. The van der Waals surface area contributed by atoms with Crippen molar-refractivity contribution in [1.29, 1.82) is 0 Å². The minimum absolute atomic E-state index is 0. The molecule has 2 aromatic carbocycles. The SMILES string of the molecule is CC(C)(C)c1cc(C(=O)O)cc(C(C)(C)C)c1[O-].CC(C)(C)c1cc(C(=O)O)cc(C(C)(C)C)c1[O-].[Cu+2]. The third kappa shape index (κ3) is 8.79. The van der Waals surface area contributed by atoms with E-state index in [1.165, 1.54) is 24.3 Å². The molecule has 2 N–H and O–H groups in total. The molecule has 2 rings (SSSR count). The fraction of sp³-hybridized carbons (Fsp3) is 0.533. The van der Waals surface area contributed by atoms with Gasteiger partial charge in [-0.1, -0.05) is 83.1 Å². The van der Waals surface area contributed by atoms with Crippen LogP contribution in [-0.2, 0) is 38.7 Å². The second-order valence-corrected chi connectivity index (χ2v) is 13.4. The minimum atomic E-state index is -0.994. The Balaban J connectivity index is 0.000000682. The molecule has 0 atom stereocenters. The van der Waals surface area contributed by atoms with E-state index in [9.17, 15) is 19.8 Å². The molecule has 0 bridgehead atoms. The third-order valence-electron chi connectivity index (χ3n) is 5.90. The summed E-state index contributed by atoms with van der Waals surface area (Å²) in [6.07, 6.45) is 0. The van der Waals surface area contributed by atoms with Crippen LogP contribution in [0.5, 0.6) is 11.5 Å². The van der Waals surface area contributed by atoms with Crippen LogP contribution in [0.3, 0.4) is 0 Å². The topological polar surface area (TPSA) is 121 Å². The molecule has 0 aliphatic rings. The van der Waals surface area contributed by atoms with Gasteiger partial charge in [0.2, 0.25) is 0 Å². The van der Waals surface area contributed by atoms with Crippen LogP contribution in [0.4, 0.5) is 0 Å². The minimum Gasteiger partial charge on any atom is -0.872 e. The van der Waals surface area contributed by atoms with Gasteiger partial charge in [0, 0.05) is 0 Å². The summed E-state index contributed by atoms with van der Waals surface area (Å²) in [5.41, 5.74) is 1.18. The number of carboxylic acid groups (broad SMARTS) is 2. The molecule has 0 heterocycles. The summed E-state index contributed by atoms with van der Waals surface area (Å²) in [7, 11) is 0. The van der Waals surface area contributed by atoms with E-state index >= 15 is 0 Å². The van der Waals surface area contributed by atoms with E-state index in [4.69, 9.17) is 10.2 Å². The maximum atomic E-state index is 12.4. The number of hydrogen-bond donors (Lipinski definition) is 2. The predicted molar refractivity (Wildman–Crippen MR) is 140 cm³/mol. The number of hydrogen-bond acceptors (Lipinski definition) is 4. The summed E-state index contributed by atoms with van der Waals surface area (Å²) in [5, 5.41) is 43.2. The van der Waals surface area contributed by atoms with Crippen LogP contribution < -0.4 is 10.2 Å². The standard InChI is InChI=1S/2C15H22O3.Cu/c2*1-14(2,3)10-7-9(13(17)18)8-11(12(10)16)15(4,5)6;/h2*7-8,16H,1-6H3,(H,17,18);/q;;+2/p-2. The first-order valence-corrected chi connectivity index (χ1v) is 12.1. The van der Waals surface area contributed by atoms with E-state index < -0.39 is 11.9 Å². The zero-order valence-electron chi connectivity index (χ0n) is 24.1. The smallest absolute Gasteiger partial charge is 0.872 e. The second kappa shape index (κ2) is 11.5. The molecule has 0 aliphatic heterocycles. The molecule has 0 aromatic heterocycles. The summed E-state index contributed by atoms with van der Waals surface area (Å²) in [4.78, 5) is 22.3. The van der Waals surface area contributed by atoms with Gasteiger partial charge in [-0.05, 0) is 68.2 Å². The Morgan fingerprint density at radius 3 is 0.784 bits per heavy atom. The molecule has 0 fully saturated rings. The van der Waals surface area contributed by atoms with Gasteiger partial charge in [-0.2, -0.15) is 0 Å². The number of carbonyl (C=O) groups is 2. The normalized spacial score (nSPS) is 12.2. The van der Waals surface area contributed by atoms with Crippen molar-refractivity contribution in [1.82, 2.24) is 0 Å². The molecule has 2 aromatic rings. The van der Waals surface area contributed by atoms with Crippen LogP contribution in [0.1, 0.15) is 126 Å². The van der Waals surface area contributed by atoms with Crippen LogP contribution in [0.2, 0.25) is 0 Å². The molecule has 1 radical (unpaired) electrons. The van der Waals surface area contributed by atoms with E-state index in [2.05, 4.69) is 0 Å². The van der Waals surface area contributed by atoms with Gasteiger partial charge in [-0.3, -0.25) is 0 Å². The van der Waals surface area contributed by atoms with Crippen molar-refractivity contribution in [2.75, 3.05) is 0 Å². The maximum Gasteiger partial charge on any atom is 2.00 e. The first kappa shape index (κ1) is 34.5. The number of benzene rings is 2. The molecule has 0 aliphatic carbocycles. The van der Waals surface area contributed by atoms with Gasteiger partial charge in [0.1, 0.15) is 0 Å². The number of rotatable bonds is 2. The molecule has 0 saturated heterocycles. The van der Waals surface area contributed by atoms with Gasteiger partial charge in [-0.25, -0.2) is 9.59 Å². The van der Waals surface area contributed by atoms with Gasteiger partial charge in [0.15, 0.2) is 0 Å². The Hall–Kier alpha value is -2.50. The van der Waals surface area contributed by atoms with Gasteiger partial charge in [0.25, 0.3) is 0 Å². The first-order valence-electron chi connectivity index (χ1n) is 12.1. The largest absolute Gasteiger partial charge is 2.00 e. The molecule has 0 amide bonds. The molecule has 0 saturated carbocycles. The molecule has 6 nitrogen and oxygen atoms in total. The van der Waals surface area contributed by atoms with Crippen molar-refractivity contribution in [3.05, 3.63) is 57.6 Å². The molecule has 0 spiro atoms. The number of aromatic carboxylic acids is 2. The Morgan fingerprint density at radius 2 is 0.676 bits per heavy atom. The van der Waals surface area contributed by atoms with Gasteiger partial charge < -0.3 is 20.4 Å². The van der Waals surface area contributed by atoms with Crippen molar-refractivity contribution in [2.45, 2.75) is 105 Å². The average molecular weight is 562 g/mol. The molecule has 37 heavy (non-hydrogen) atoms. The van der Waals surface area contributed by atoms with E-state index in [1.54, 1.807) is 0 Å². The maximum absolute atomic E-state index is 12.4. The zero-order chi connectivity index (χ0) is 28.6. The molecular formula is C30H42CuO6. The summed E-state index contributed by atoms with van der Waals surface area (Å²) >= 11 is 0. The summed E-state index contributed by atoms with van der Waals surface area (Å²) < 4.78 is 0. The van der Waals surface area contributed by atoms with Crippen LogP contribution in [0, 0.1) is 0 Å². The van der Waals surface area contributed by atoms with Gasteiger partial charge in [-0.15, -0.1) is 11.5 Å².